The van der Waals surface area contributed by atoms with Crippen LogP contribution >= 0.6 is 0 Å². The highest BCUT2D eigenvalue weighted by molar-refractivity contribution is 5.79. The molecule has 0 aromatic rings. The normalized spacial score (nSPS) is 37.9. The van der Waals surface area contributed by atoms with Crippen molar-refractivity contribution in [2.75, 3.05) is 0 Å². The van der Waals surface area contributed by atoms with E-state index in [0.717, 1.165) is 38.0 Å². The molecule has 1 amide bonds. The second kappa shape index (κ2) is 6.55. The first-order valence-corrected chi connectivity index (χ1v) is 7.72. The molecule has 0 saturated heterocycles. The molecule has 3 nitrogen and oxygen atoms in total. The predicted octanol–water partition coefficient (Wildman–Crippen LogP) is 2.59. The van der Waals surface area contributed by atoms with Crippen LogP contribution in [0.2, 0.25) is 0 Å². The van der Waals surface area contributed by atoms with Crippen LogP contribution in [0.1, 0.15) is 64.7 Å². The van der Waals surface area contributed by atoms with E-state index in [4.69, 9.17) is 5.73 Å². The molecular formula is C15H28N2O. The Kier molecular flexibility index (Phi) is 5.04. The Morgan fingerprint density at radius 2 is 1.78 bits per heavy atom. The van der Waals surface area contributed by atoms with Gasteiger partial charge in [0.05, 0.1) is 5.92 Å². The molecule has 2 aliphatic rings. The Balaban J connectivity index is 1.82. The largest absolute Gasteiger partial charge is 0.353 e. The second-order valence-corrected chi connectivity index (χ2v) is 6.37. The lowest BCUT2D eigenvalue weighted by molar-refractivity contribution is -0.127. The maximum absolute atomic E-state index is 12.3. The number of nitrogens with two attached hydrogens (primary N) is 1. The first kappa shape index (κ1) is 13.9. The first-order chi connectivity index (χ1) is 8.66. The van der Waals surface area contributed by atoms with Crippen LogP contribution in [0.15, 0.2) is 0 Å². The lowest BCUT2D eigenvalue weighted by Crippen LogP contribution is -2.46. The fourth-order valence-corrected chi connectivity index (χ4v) is 3.42. The van der Waals surface area contributed by atoms with Gasteiger partial charge < -0.3 is 11.1 Å². The van der Waals surface area contributed by atoms with Crippen LogP contribution in [0.3, 0.4) is 0 Å². The zero-order valence-corrected chi connectivity index (χ0v) is 11.7. The van der Waals surface area contributed by atoms with Gasteiger partial charge in [-0.15, -0.1) is 0 Å². The maximum Gasteiger partial charge on any atom is 0.224 e. The summed E-state index contributed by atoms with van der Waals surface area (Å²) >= 11 is 0. The van der Waals surface area contributed by atoms with Crippen LogP contribution < -0.4 is 11.1 Å². The number of carbonyl (C=O) groups is 1. The molecule has 18 heavy (non-hydrogen) atoms. The SMILES string of the molecule is CC1CCCC(NC(=O)C2CCCCC2N)CC1. The molecule has 2 saturated carbocycles. The highest BCUT2D eigenvalue weighted by Crippen LogP contribution is 2.25. The summed E-state index contributed by atoms with van der Waals surface area (Å²) in [6.45, 7) is 2.32. The summed E-state index contributed by atoms with van der Waals surface area (Å²) in [6.07, 6.45) is 10.5. The highest BCUT2D eigenvalue weighted by atomic mass is 16.2. The fourth-order valence-electron chi connectivity index (χ4n) is 3.42. The van der Waals surface area contributed by atoms with E-state index < -0.39 is 0 Å². The Morgan fingerprint density at radius 3 is 2.56 bits per heavy atom. The van der Waals surface area contributed by atoms with Crippen LogP contribution in [-0.4, -0.2) is 18.0 Å². The minimum Gasteiger partial charge on any atom is -0.353 e. The molecular weight excluding hydrogens is 224 g/mol. The number of nitrogens with one attached hydrogen (secondary N) is 1. The van der Waals surface area contributed by atoms with Gasteiger partial charge in [0.2, 0.25) is 5.91 Å². The van der Waals surface area contributed by atoms with Crippen molar-refractivity contribution in [3.05, 3.63) is 0 Å². The van der Waals surface area contributed by atoms with Crippen molar-refractivity contribution < 1.29 is 4.79 Å². The Labute approximate surface area is 111 Å². The van der Waals surface area contributed by atoms with E-state index in [9.17, 15) is 4.79 Å². The van der Waals surface area contributed by atoms with Gasteiger partial charge in [-0.05, 0) is 38.0 Å². The number of hydrogen-bond acceptors (Lipinski definition) is 2. The second-order valence-electron chi connectivity index (χ2n) is 6.37. The molecule has 3 N–H and O–H groups in total. The average molecular weight is 252 g/mol. The first-order valence-electron chi connectivity index (χ1n) is 7.72. The van der Waals surface area contributed by atoms with Gasteiger partial charge in [-0.2, -0.15) is 0 Å². The topological polar surface area (TPSA) is 55.1 Å². The van der Waals surface area contributed by atoms with Crippen molar-refractivity contribution in [3.8, 4) is 0 Å². The zero-order valence-electron chi connectivity index (χ0n) is 11.7. The molecule has 4 unspecified atom stereocenters. The van der Waals surface area contributed by atoms with Crippen molar-refractivity contribution in [2.45, 2.75) is 76.8 Å². The number of amides is 1. The van der Waals surface area contributed by atoms with E-state index in [1.165, 1.54) is 25.7 Å². The van der Waals surface area contributed by atoms with Crippen molar-refractivity contribution in [2.24, 2.45) is 17.6 Å². The predicted molar refractivity (Wildman–Crippen MR) is 74.1 cm³/mol. The van der Waals surface area contributed by atoms with Gasteiger partial charge >= 0.3 is 0 Å². The van der Waals surface area contributed by atoms with Gasteiger partial charge in [-0.1, -0.05) is 32.6 Å². The molecule has 104 valence electrons. The summed E-state index contributed by atoms with van der Waals surface area (Å²) in [7, 11) is 0. The molecule has 3 heteroatoms. The lowest BCUT2D eigenvalue weighted by atomic mass is 9.84. The van der Waals surface area contributed by atoms with E-state index >= 15 is 0 Å². The molecule has 2 aliphatic carbocycles. The van der Waals surface area contributed by atoms with Crippen LogP contribution in [0.25, 0.3) is 0 Å². The minimum absolute atomic E-state index is 0.0689. The fraction of sp³-hybridized carbons (Fsp3) is 0.933. The monoisotopic (exact) mass is 252 g/mol. The molecule has 0 radical (unpaired) electrons. The molecule has 4 atom stereocenters. The lowest BCUT2D eigenvalue weighted by Gasteiger charge is -2.29. The van der Waals surface area contributed by atoms with Crippen LogP contribution in [0.5, 0.6) is 0 Å². The van der Waals surface area contributed by atoms with Crippen LogP contribution in [-0.2, 0) is 4.79 Å². The van der Waals surface area contributed by atoms with Gasteiger partial charge in [0.1, 0.15) is 0 Å². The van der Waals surface area contributed by atoms with Crippen molar-refractivity contribution >= 4 is 5.91 Å². The van der Waals surface area contributed by atoms with Crippen LogP contribution in [0, 0.1) is 11.8 Å². The highest BCUT2D eigenvalue weighted by Gasteiger charge is 2.29. The van der Waals surface area contributed by atoms with E-state index in [0.29, 0.717) is 6.04 Å². The van der Waals surface area contributed by atoms with Gasteiger partial charge in [0, 0.05) is 12.1 Å². The summed E-state index contributed by atoms with van der Waals surface area (Å²) in [5, 5.41) is 3.26. The molecule has 0 aliphatic heterocycles. The summed E-state index contributed by atoms with van der Waals surface area (Å²) in [6, 6.07) is 0.486. The van der Waals surface area contributed by atoms with Crippen molar-refractivity contribution in [1.29, 1.82) is 0 Å². The summed E-state index contributed by atoms with van der Waals surface area (Å²) in [5.41, 5.74) is 6.08. The quantitative estimate of drug-likeness (QED) is 0.742. The summed E-state index contributed by atoms with van der Waals surface area (Å²) < 4.78 is 0. The van der Waals surface area contributed by atoms with Gasteiger partial charge in [-0.3, -0.25) is 4.79 Å². The van der Waals surface area contributed by atoms with Gasteiger partial charge in [-0.25, -0.2) is 0 Å². The average Bonchev–Trinajstić information content (AvgIpc) is 2.55. The number of carbonyl (C=O) groups excluding carboxylic acids is 1. The Morgan fingerprint density at radius 1 is 1.00 bits per heavy atom. The van der Waals surface area contributed by atoms with Crippen LogP contribution in [0.4, 0.5) is 0 Å². The van der Waals surface area contributed by atoms with E-state index in [-0.39, 0.29) is 17.9 Å². The molecule has 0 aromatic heterocycles. The smallest absolute Gasteiger partial charge is 0.224 e. The van der Waals surface area contributed by atoms with Crippen molar-refractivity contribution in [3.63, 3.8) is 0 Å². The third-order valence-electron chi connectivity index (χ3n) is 4.76. The number of hydrogen-bond donors (Lipinski definition) is 2. The Hall–Kier alpha value is -0.570. The number of rotatable bonds is 2. The molecule has 0 aromatic carbocycles. The van der Waals surface area contributed by atoms with Gasteiger partial charge in [0.15, 0.2) is 0 Å². The van der Waals surface area contributed by atoms with Gasteiger partial charge in [0.25, 0.3) is 0 Å². The molecule has 0 spiro atoms. The molecule has 0 bridgehead atoms. The summed E-state index contributed by atoms with van der Waals surface area (Å²) in [4.78, 5) is 12.3. The standard InChI is InChI=1S/C15H28N2O/c1-11-5-4-6-12(10-9-11)17-15(18)13-7-2-3-8-14(13)16/h11-14H,2-10,16H2,1H3,(H,17,18). The van der Waals surface area contributed by atoms with E-state index in [1.54, 1.807) is 0 Å². The third-order valence-corrected chi connectivity index (χ3v) is 4.76. The van der Waals surface area contributed by atoms with Crippen molar-refractivity contribution in [1.82, 2.24) is 5.32 Å². The Bertz CT molecular complexity index is 280. The molecule has 2 fully saturated rings. The summed E-state index contributed by atoms with van der Waals surface area (Å²) in [5.74, 6) is 1.12. The maximum atomic E-state index is 12.3. The zero-order chi connectivity index (χ0) is 13.0. The molecule has 2 rings (SSSR count). The third kappa shape index (κ3) is 3.71. The van der Waals surface area contributed by atoms with E-state index in [2.05, 4.69) is 12.2 Å². The minimum atomic E-state index is 0.0689. The molecule has 0 heterocycles. The van der Waals surface area contributed by atoms with E-state index in [1.807, 2.05) is 0 Å².